The summed E-state index contributed by atoms with van der Waals surface area (Å²) in [6.45, 7) is 1.01. The smallest absolute Gasteiger partial charge is 0.169 e. The molecule has 0 aromatic heterocycles. The lowest BCUT2D eigenvalue weighted by Crippen LogP contribution is -2.44. The number of nitrogens with one attached hydrogen (secondary N) is 1. The number of oxime groups is 1. The van der Waals surface area contributed by atoms with E-state index in [0.29, 0.717) is 12.0 Å². The van der Waals surface area contributed by atoms with Crippen molar-refractivity contribution in [3.05, 3.63) is 24.3 Å². The van der Waals surface area contributed by atoms with Crippen LogP contribution in [0.15, 0.2) is 29.5 Å². The zero-order valence-corrected chi connectivity index (χ0v) is 12.6. The SMILES string of the molecule is CNC(=S)N1CCC[C@@H]1C1=NOC(C2C=CC=CC2)C1. The summed E-state index contributed by atoms with van der Waals surface area (Å²) in [4.78, 5) is 7.94. The second-order valence-electron chi connectivity index (χ2n) is 5.55. The van der Waals surface area contributed by atoms with Gasteiger partial charge in [0.25, 0.3) is 0 Å². The second-order valence-corrected chi connectivity index (χ2v) is 5.94. The Labute approximate surface area is 125 Å². The van der Waals surface area contributed by atoms with Gasteiger partial charge in [0.05, 0.1) is 11.8 Å². The number of allylic oxidation sites excluding steroid dienone is 3. The topological polar surface area (TPSA) is 36.9 Å². The highest BCUT2D eigenvalue weighted by Gasteiger charge is 2.37. The Balaban J connectivity index is 1.63. The van der Waals surface area contributed by atoms with Crippen LogP contribution in [0.4, 0.5) is 0 Å². The lowest BCUT2D eigenvalue weighted by molar-refractivity contribution is 0.0556. The third kappa shape index (κ3) is 2.59. The fourth-order valence-electron chi connectivity index (χ4n) is 3.22. The molecular formula is C15H21N3OS. The van der Waals surface area contributed by atoms with Crippen molar-refractivity contribution in [2.45, 2.75) is 37.8 Å². The standard InChI is InChI=1S/C15H21N3OS/c1-16-15(20)18-9-5-8-13(18)12-10-14(19-17-12)11-6-3-2-4-7-11/h2-4,6,11,13-14H,5,7-10H2,1H3,(H,16,20)/t11?,13-,14?/m1/s1. The molecule has 0 bridgehead atoms. The van der Waals surface area contributed by atoms with Gasteiger partial charge in [-0.1, -0.05) is 29.5 Å². The summed E-state index contributed by atoms with van der Waals surface area (Å²) in [5.41, 5.74) is 1.16. The molecule has 0 saturated carbocycles. The molecule has 0 aromatic carbocycles. The van der Waals surface area contributed by atoms with Crippen LogP contribution in [0.2, 0.25) is 0 Å². The molecule has 1 fully saturated rings. The number of rotatable bonds is 2. The van der Waals surface area contributed by atoms with Crippen LogP contribution < -0.4 is 5.32 Å². The van der Waals surface area contributed by atoms with Gasteiger partial charge in [-0.05, 0) is 31.5 Å². The highest BCUT2D eigenvalue weighted by atomic mass is 32.1. The van der Waals surface area contributed by atoms with E-state index in [1.54, 1.807) is 0 Å². The molecular weight excluding hydrogens is 270 g/mol. The van der Waals surface area contributed by atoms with Crippen LogP contribution in [0.1, 0.15) is 25.7 Å². The molecule has 3 rings (SSSR count). The Bertz CT molecular complexity index is 472. The van der Waals surface area contributed by atoms with Crippen molar-refractivity contribution < 1.29 is 4.84 Å². The van der Waals surface area contributed by atoms with Crippen molar-refractivity contribution in [3.8, 4) is 0 Å². The van der Waals surface area contributed by atoms with Gasteiger partial charge in [0.1, 0.15) is 6.10 Å². The minimum atomic E-state index is 0.191. The second kappa shape index (κ2) is 5.95. The zero-order valence-electron chi connectivity index (χ0n) is 11.8. The van der Waals surface area contributed by atoms with Crippen LogP contribution in [-0.4, -0.2) is 41.5 Å². The van der Waals surface area contributed by atoms with E-state index in [2.05, 4.69) is 39.7 Å². The first-order chi connectivity index (χ1) is 9.79. The highest BCUT2D eigenvalue weighted by molar-refractivity contribution is 7.80. The summed E-state index contributed by atoms with van der Waals surface area (Å²) < 4.78 is 0. The van der Waals surface area contributed by atoms with E-state index < -0.39 is 0 Å². The van der Waals surface area contributed by atoms with Crippen LogP contribution in [0.25, 0.3) is 0 Å². The number of nitrogens with zero attached hydrogens (tertiary/aromatic N) is 2. The normalized spacial score (nSPS) is 32.1. The van der Waals surface area contributed by atoms with Crippen LogP contribution >= 0.6 is 12.2 Å². The van der Waals surface area contributed by atoms with Crippen LogP contribution in [0, 0.1) is 5.92 Å². The van der Waals surface area contributed by atoms with Crippen molar-refractivity contribution in [2.75, 3.05) is 13.6 Å². The minimum Gasteiger partial charge on any atom is -0.391 e. The molecule has 0 amide bonds. The molecule has 2 unspecified atom stereocenters. The van der Waals surface area contributed by atoms with Crippen LogP contribution in [-0.2, 0) is 4.84 Å². The number of hydrogen-bond donors (Lipinski definition) is 1. The molecule has 0 radical (unpaired) electrons. The lowest BCUT2D eigenvalue weighted by atomic mass is 9.90. The van der Waals surface area contributed by atoms with Gasteiger partial charge in [0.2, 0.25) is 0 Å². The van der Waals surface area contributed by atoms with E-state index >= 15 is 0 Å². The Morgan fingerprint density at radius 2 is 2.40 bits per heavy atom. The molecule has 3 atom stereocenters. The Morgan fingerprint density at radius 1 is 1.50 bits per heavy atom. The summed E-state index contributed by atoms with van der Waals surface area (Å²) in [6, 6.07) is 0.322. The van der Waals surface area contributed by atoms with Gasteiger partial charge in [0, 0.05) is 25.9 Å². The van der Waals surface area contributed by atoms with Crippen molar-refractivity contribution in [1.82, 2.24) is 10.2 Å². The van der Waals surface area contributed by atoms with E-state index in [-0.39, 0.29) is 6.10 Å². The molecule has 3 aliphatic rings. The van der Waals surface area contributed by atoms with Crippen molar-refractivity contribution in [2.24, 2.45) is 11.1 Å². The van der Waals surface area contributed by atoms with Crippen molar-refractivity contribution in [1.29, 1.82) is 0 Å². The van der Waals surface area contributed by atoms with Gasteiger partial charge >= 0.3 is 0 Å². The molecule has 2 aliphatic heterocycles. The summed E-state index contributed by atoms with van der Waals surface area (Å²) in [7, 11) is 1.88. The quantitative estimate of drug-likeness (QED) is 0.792. The third-order valence-corrected chi connectivity index (χ3v) is 4.76. The number of likely N-dealkylation sites (tertiary alicyclic amines) is 1. The fraction of sp³-hybridized carbons (Fsp3) is 0.600. The first-order valence-corrected chi connectivity index (χ1v) is 7.74. The molecule has 4 nitrogen and oxygen atoms in total. The molecule has 108 valence electrons. The predicted octanol–water partition coefficient (Wildman–Crippen LogP) is 2.23. The molecule has 2 heterocycles. The summed E-state index contributed by atoms with van der Waals surface area (Å²) in [6.07, 6.45) is 13.1. The van der Waals surface area contributed by atoms with Crippen molar-refractivity contribution >= 4 is 23.0 Å². The minimum absolute atomic E-state index is 0.191. The van der Waals surface area contributed by atoms with Gasteiger partial charge < -0.3 is 15.1 Å². The maximum atomic E-state index is 5.69. The molecule has 5 heteroatoms. The van der Waals surface area contributed by atoms with Gasteiger partial charge in [-0.25, -0.2) is 0 Å². The van der Waals surface area contributed by atoms with Crippen LogP contribution in [0.5, 0.6) is 0 Å². The number of hydrogen-bond acceptors (Lipinski definition) is 3. The maximum absolute atomic E-state index is 5.69. The first kappa shape index (κ1) is 13.6. The van der Waals surface area contributed by atoms with Crippen molar-refractivity contribution in [3.63, 3.8) is 0 Å². The van der Waals surface area contributed by atoms with E-state index in [1.165, 1.54) is 6.42 Å². The van der Waals surface area contributed by atoms with E-state index in [0.717, 1.165) is 36.6 Å². The Morgan fingerprint density at radius 3 is 3.15 bits per heavy atom. The first-order valence-electron chi connectivity index (χ1n) is 7.34. The average Bonchev–Trinajstić information content (AvgIpc) is 3.15. The molecule has 1 saturated heterocycles. The number of thiocarbonyl (C=S) groups is 1. The predicted molar refractivity (Wildman–Crippen MR) is 84.7 cm³/mol. The van der Waals surface area contributed by atoms with E-state index in [4.69, 9.17) is 17.1 Å². The molecule has 1 N–H and O–H groups in total. The summed E-state index contributed by atoms with van der Waals surface area (Å²) >= 11 is 5.38. The van der Waals surface area contributed by atoms with E-state index in [1.807, 2.05) is 7.05 Å². The summed E-state index contributed by atoms with van der Waals surface area (Å²) in [5, 5.41) is 8.27. The van der Waals surface area contributed by atoms with Gasteiger partial charge in [0.15, 0.2) is 5.11 Å². The zero-order chi connectivity index (χ0) is 13.9. The van der Waals surface area contributed by atoms with E-state index in [9.17, 15) is 0 Å². The molecule has 0 aromatic rings. The highest BCUT2D eigenvalue weighted by Crippen LogP contribution is 2.30. The molecule has 20 heavy (non-hydrogen) atoms. The lowest BCUT2D eigenvalue weighted by Gasteiger charge is -2.26. The van der Waals surface area contributed by atoms with Gasteiger partial charge in [-0.3, -0.25) is 0 Å². The van der Waals surface area contributed by atoms with Crippen LogP contribution in [0.3, 0.4) is 0 Å². The largest absolute Gasteiger partial charge is 0.391 e. The monoisotopic (exact) mass is 291 g/mol. The Hall–Kier alpha value is -1.36. The average molecular weight is 291 g/mol. The summed E-state index contributed by atoms with van der Waals surface area (Å²) in [5.74, 6) is 0.451. The van der Waals surface area contributed by atoms with Gasteiger partial charge in [-0.2, -0.15) is 0 Å². The fourth-order valence-corrected chi connectivity index (χ4v) is 3.44. The Kier molecular flexibility index (Phi) is 4.05. The molecule has 1 aliphatic carbocycles. The molecule has 0 spiro atoms. The maximum Gasteiger partial charge on any atom is 0.169 e. The third-order valence-electron chi connectivity index (χ3n) is 4.32. The van der Waals surface area contributed by atoms with Gasteiger partial charge in [-0.15, -0.1) is 0 Å².